The van der Waals surface area contributed by atoms with Crippen LogP contribution in [0.2, 0.25) is 0 Å². The highest BCUT2D eigenvalue weighted by Gasteiger charge is 2.28. The molecular weight excluding hydrogens is 308 g/mol. The highest BCUT2D eigenvalue weighted by Crippen LogP contribution is 2.18. The van der Waals surface area contributed by atoms with Gasteiger partial charge in [-0.3, -0.25) is 0 Å². The van der Waals surface area contributed by atoms with Crippen LogP contribution in [0.5, 0.6) is 0 Å². The lowest BCUT2D eigenvalue weighted by molar-refractivity contribution is -0.150. The Bertz CT molecular complexity index is 596. The maximum absolute atomic E-state index is 10.8. The molecule has 1 unspecified atom stereocenters. The summed E-state index contributed by atoms with van der Waals surface area (Å²) in [6.07, 6.45) is 1.61. The fraction of sp³-hybridized carbons (Fsp3) is 0.200. The van der Waals surface area contributed by atoms with Gasteiger partial charge in [-0.05, 0) is 19.1 Å². The van der Waals surface area contributed by atoms with Gasteiger partial charge in [0.25, 0.3) is 0 Å². The van der Waals surface area contributed by atoms with Crippen LogP contribution in [0.3, 0.4) is 0 Å². The van der Waals surface area contributed by atoms with Crippen LogP contribution in [-0.4, -0.2) is 46.8 Å². The number of fused-ring (bicyclic) bond motifs is 1. The van der Waals surface area contributed by atoms with Crippen LogP contribution >= 0.6 is 0 Å². The van der Waals surface area contributed by atoms with E-state index in [0.717, 1.165) is 12.2 Å². The van der Waals surface area contributed by atoms with E-state index < -0.39 is 30.0 Å². The molecule has 0 saturated carbocycles. The third-order valence-electron chi connectivity index (χ3n) is 2.37. The smallest absolute Gasteiger partial charge is 0.346 e. The molecule has 0 radical (unpaired) electrons. The summed E-state index contributed by atoms with van der Waals surface area (Å²) < 4.78 is 8.33. The van der Waals surface area contributed by atoms with E-state index in [1.807, 2.05) is 0 Å². The SMILES string of the molecule is CC(O)CO.O=C1C=CC(=O)O1.O=C1OC(=O)c2ccccc21. The molecule has 2 N–H and O–H groups in total. The van der Waals surface area contributed by atoms with E-state index in [1.54, 1.807) is 24.3 Å². The number of hydrogen-bond donors (Lipinski definition) is 2. The second kappa shape index (κ2) is 8.57. The predicted molar refractivity (Wildman–Crippen MR) is 75.2 cm³/mol. The highest BCUT2D eigenvalue weighted by atomic mass is 16.6. The number of cyclic esters (lactones) is 4. The van der Waals surface area contributed by atoms with Crippen LogP contribution in [0.15, 0.2) is 36.4 Å². The van der Waals surface area contributed by atoms with Crippen molar-refractivity contribution >= 4 is 23.9 Å². The van der Waals surface area contributed by atoms with Gasteiger partial charge in [-0.15, -0.1) is 0 Å². The first kappa shape index (κ1) is 18.2. The maximum atomic E-state index is 10.8. The minimum Gasteiger partial charge on any atom is -0.394 e. The molecule has 1 aromatic carbocycles. The van der Waals surface area contributed by atoms with Crippen LogP contribution < -0.4 is 0 Å². The number of benzene rings is 1. The number of carbonyl (C=O) groups excluding carboxylic acids is 4. The Morgan fingerprint density at radius 2 is 1.30 bits per heavy atom. The first-order valence-corrected chi connectivity index (χ1v) is 6.43. The lowest BCUT2D eigenvalue weighted by Gasteiger charge is -1.90. The van der Waals surface area contributed by atoms with Crippen molar-refractivity contribution in [1.82, 2.24) is 0 Å². The Morgan fingerprint density at radius 3 is 1.57 bits per heavy atom. The van der Waals surface area contributed by atoms with Gasteiger partial charge in [-0.2, -0.15) is 0 Å². The van der Waals surface area contributed by atoms with Crippen molar-refractivity contribution in [3.63, 3.8) is 0 Å². The van der Waals surface area contributed by atoms with Crippen molar-refractivity contribution in [2.75, 3.05) is 6.61 Å². The average Bonchev–Trinajstić information content (AvgIpc) is 3.04. The Balaban J connectivity index is 0.000000191. The van der Waals surface area contributed by atoms with Crippen molar-refractivity contribution in [3.8, 4) is 0 Å². The molecule has 1 aromatic rings. The third kappa shape index (κ3) is 5.81. The Morgan fingerprint density at radius 1 is 0.913 bits per heavy atom. The van der Waals surface area contributed by atoms with Gasteiger partial charge < -0.3 is 19.7 Å². The van der Waals surface area contributed by atoms with Crippen molar-refractivity contribution in [1.29, 1.82) is 0 Å². The van der Waals surface area contributed by atoms with E-state index in [1.165, 1.54) is 6.92 Å². The number of aliphatic hydroxyl groups excluding tert-OH is 2. The van der Waals surface area contributed by atoms with E-state index in [-0.39, 0.29) is 6.61 Å². The van der Waals surface area contributed by atoms with Crippen molar-refractivity contribution in [3.05, 3.63) is 47.5 Å². The van der Waals surface area contributed by atoms with Gasteiger partial charge >= 0.3 is 23.9 Å². The minimum atomic E-state index is -0.579. The lowest BCUT2D eigenvalue weighted by atomic mass is 10.1. The molecule has 8 nitrogen and oxygen atoms in total. The fourth-order valence-corrected chi connectivity index (χ4v) is 1.34. The lowest BCUT2D eigenvalue weighted by Crippen LogP contribution is -2.03. The molecular formula is C15H14O8. The van der Waals surface area contributed by atoms with E-state index >= 15 is 0 Å². The molecule has 2 aliphatic rings. The number of hydrogen-bond acceptors (Lipinski definition) is 8. The zero-order chi connectivity index (χ0) is 17.4. The van der Waals surface area contributed by atoms with Gasteiger partial charge in [0.05, 0.1) is 23.8 Å². The summed E-state index contributed by atoms with van der Waals surface area (Å²) >= 11 is 0. The Kier molecular flexibility index (Phi) is 6.78. The third-order valence-corrected chi connectivity index (χ3v) is 2.37. The second-order valence-electron chi connectivity index (χ2n) is 4.33. The van der Waals surface area contributed by atoms with Gasteiger partial charge in [0.2, 0.25) is 0 Å². The highest BCUT2D eigenvalue weighted by molar-refractivity contribution is 6.14. The summed E-state index contributed by atoms with van der Waals surface area (Å²) in [6, 6.07) is 6.53. The van der Waals surface area contributed by atoms with E-state index in [2.05, 4.69) is 9.47 Å². The van der Waals surface area contributed by atoms with Crippen LogP contribution in [0, 0.1) is 0 Å². The summed E-state index contributed by atoms with van der Waals surface area (Å²) in [5, 5.41) is 16.0. The number of rotatable bonds is 1. The van der Waals surface area contributed by atoms with Crippen LogP contribution in [0.1, 0.15) is 27.6 Å². The Labute approximate surface area is 130 Å². The van der Waals surface area contributed by atoms with Crippen molar-refractivity contribution < 1.29 is 38.9 Å². The molecule has 1 atom stereocenters. The first-order valence-electron chi connectivity index (χ1n) is 6.43. The monoisotopic (exact) mass is 322 g/mol. The summed E-state index contributed by atoms with van der Waals surface area (Å²) in [5.74, 6) is -2.26. The van der Waals surface area contributed by atoms with Gasteiger partial charge in [-0.25, -0.2) is 19.2 Å². The Hall–Kier alpha value is -2.84. The molecule has 3 rings (SSSR count). The molecule has 0 saturated heterocycles. The van der Waals surface area contributed by atoms with Crippen LogP contribution in [0.4, 0.5) is 0 Å². The predicted octanol–water partition coefficient (Wildman–Crippen LogP) is -0.0173. The summed E-state index contributed by atoms with van der Waals surface area (Å²) in [5.41, 5.74) is 0.718. The molecule has 8 heteroatoms. The molecule has 0 spiro atoms. The normalized spacial score (nSPS) is 15.6. The van der Waals surface area contributed by atoms with Gasteiger partial charge in [0.1, 0.15) is 0 Å². The quantitative estimate of drug-likeness (QED) is 0.545. The van der Waals surface area contributed by atoms with E-state index in [9.17, 15) is 19.2 Å². The first-order chi connectivity index (χ1) is 10.8. The number of ether oxygens (including phenoxy) is 2. The van der Waals surface area contributed by atoms with Gasteiger partial charge in [0.15, 0.2) is 0 Å². The van der Waals surface area contributed by atoms with Crippen LogP contribution in [-0.2, 0) is 19.1 Å². The molecule has 0 amide bonds. The summed E-state index contributed by atoms with van der Waals surface area (Å²) in [7, 11) is 0. The number of carbonyl (C=O) groups is 4. The summed E-state index contributed by atoms with van der Waals surface area (Å²) in [6.45, 7) is 1.39. The van der Waals surface area contributed by atoms with Crippen LogP contribution in [0.25, 0.3) is 0 Å². The maximum Gasteiger partial charge on any atom is 0.346 e. The second-order valence-corrected chi connectivity index (χ2v) is 4.33. The summed E-state index contributed by atoms with van der Waals surface area (Å²) in [4.78, 5) is 41.5. The number of aliphatic hydroxyl groups is 2. The molecule has 0 bridgehead atoms. The topological polar surface area (TPSA) is 127 Å². The van der Waals surface area contributed by atoms with Crippen molar-refractivity contribution in [2.45, 2.75) is 13.0 Å². The minimum absolute atomic E-state index is 0.139. The standard InChI is InChI=1S/C8H4O3.C4H2O3.C3H8O2/c9-7-5-3-1-2-4-6(5)8(10)11-7;5-3-1-2-4(6)7-3;1-3(5)2-4/h1-4H;1-2H;3-5H,2H2,1H3. The molecule has 0 aliphatic carbocycles. The van der Waals surface area contributed by atoms with Gasteiger partial charge in [-0.1, -0.05) is 12.1 Å². The zero-order valence-corrected chi connectivity index (χ0v) is 12.1. The van der Waals surface area contributed by atoms with E-state index in [0.29, 0.717) is 11.1 Å². The molecule has 2 heterocycles. The molecule has 122 valence electrons. The molecule has 0 aromatic heterocycles. The fourth-order valence-electron chi connectivity index (χ4n) is 1.34. The molecule has 2 aliphatic heterocycles. The van der Waals surface area contributed by atoms with Gasteiger partial charge in [0, 0.05) is 12.2 Å². The number of esters is 4. The van der Waals surface area contributed by atoms with Crippen molar-refractivity contribution in [2.24, 2.45) is 0 Å². The average molecular weight is 322 g/mol. The molecule has 23 heavy (non-hydrogen) atoms. The zero-order valence-electron chi connectivity index (χ0n) is 12.1. The molecule has 0 fully saturated rings. The van der Waals surface area contributed by atoms with E-state index in [4.69, 9.17) is 10.2 Å². The largest absolute Gasteiger partial charge is 0.394 e.